The van der Waals surface area contributed by atoms with Crippen LogP contribution in [0.2, 0.25) is 0 Å². The second-order valence-corrected chi connectivity index (χ2v) is 5.19. The van der Waals surface area contributed by atoms with E-state index in [4.69, 9.17) is 0 Å². The molecule has 0 spiro atoms. The van der Waals surface area contributed by atoms with Crippen LogP contribution in [0.15, 0.2) is 16.7 Å². The van der Waals surface area contributed by atoms with E-state index in [1.165, 1.54) is 0 Å². The zero-order valence-electron chi connectivity index (χ0n) is 8.87. The molecule has 1 amide bonds. The van der Waals surface area contributed by atoms with Crippen LogP contribution in [0, 0.1) is 5.92 Å². The summed E-state index contributed by atoms with van der Waals surface area (Å²) in [5.74, 6) is 0.324. The minimum atomic E-state index is -0.179. The van der Waals surface area contributed by atoms with Crippen LogP contribution in [0.4, 0.5) is 0 Å². The molecule has 1 fully saturated rings. The van der Waals surface area contributed by atoms with E-state index >= 15 is 0 Å². The zero-order valence-corrected chi connectivity index (χ0v) is 10.5. The fourth-order valence-corrected chi connectivity index (χ4v) is 2.41. The van der Waals surface area contributed by atoms with E-state index in [-0.39, 0.29) is 12.0 Å². The van der Waals surface area contributed by atoms with Crippen LogP contribution in [0.3, 0.4) is 0 Å². The van der Waals surface area contributed by atoms with Gasteiger partial charge in [0.2, 0.25) is 0 Å². The van der Waals surface area contributed by atoms with Gasteiger partial charge >= 0.3 is 0 Å². The number of aliphatic hydroxyl groups is 1. The van der Waals surface area contributed by atoms with Gasteiger partial charge in [0.15, 0.2) is 0 Å². The largest absolute Gasteiger partial charge is 0.393 e. The van der Waals surface area contributed by atoms with Crippen molar-refractivity contribution in [1.29, 1.82) is 0 Å². The van der Waals surface area contributed by atoms with E-state index in [1.54, 1.807) is 12.3 Å². The molecule has 0 saturated heterocycles. The van der Waals surface area contributed by atoms with E-state index in [2.05, 4.69) is 26.2 Å². The van der Waals surface area contributed by atoms with E-state index < -0.39 is 0 Å². The first-order valence-corrected chi connectivity index (χ1v) is 6.24. The minimum Gasteiger partial charge on any atom is -0.393 e. The molecule has 5 heteroatoms. The molecule has 16 heavy (non-hydrogen) atoms. The van der Waals surface area contributed by atoms with Crippen molar-refractivity contribution in [1.82, 2.24) is 10.3 Å². The molecule has 0 radical (unpaired) electrons. The van der Waals surface area contributed by atoms with Gasteiger partial charge in [0.1, 0.15) is 5.69 Å². The smallest absolute Gasteiger partial charge is 0.267 e. The summed E-state index contributed by atoms with van der Waals surface area (Å²) in [4.78, 5) is 14.6. The van der Waals surface area contributed by atoms with Gasteiger partial charge in [0.05, 0.1) is 6.10 Å². The molecule has 1 aliphatic carbocycles. The number of hydrogen-bond donors (Lipinski definition) is 3. The topological polar surface area (TPSA) is 65.1 Å². The van der Waals surface area contributed by atoms with E-state index in [1.807, 2.05) is 0 Å². The molecule has 0 aliphatic heterocycles. The molecule has 0 aromatic carbocycles. The molecule has 4 nitrogen and oxygen atoms in total. The molecule has 1 aromatic rings. The first-order valence-electron chi connectivity index (χ1n) is 5.45. The third kappa shape index (κ3) is 2.86. The van der Waals surface area contributed by atoms with Crippen molar-refractivity contribution in [3.63, 3.8) is 0 Å². The lowest BCUT2D eigenvalue weighted by atomic mass is 10.1. The van der Waals surface area contributed by atoms with Crippen molar-refractivity contribution >= 4 is 21.8 Å². The highest BCUT2D eigenvalue weighted by Crippen LogP contribution is 2.24. The highest BCUT2D eigenvalue weighted by Gasteiger charge is 2.23. The molecule has 0 bridgehead atoms. The summed E-state index contributed by atoms with van der Waals surface area (Å²) >= 11 is 3.28. The standard InChI is InChI=1S/C11H15BrN2O2/c12-8-4-10(13-6-8)11(16)14-5-7-1-2-9(15)3-7/h4,6-7,9,13,15H,1-3,5H2,(H,14,16). The maximum absolute atomic E-state index is 11.7. The average molecular weight is 287 g/mol. The summed E-state index contributed by atoms with van der Waals surface area (Å²) in [5.41, 5.74) is 0.561. The summed E-state index contributed by atoms with van der Waals surface area (Å²) in [6, 6.07) is 1.75. The third-order valence-electron chi connectivity index (χ3n) is 2.96. The molecule has 2 rings (SSSR count). The van der Waals surface area contributed by atoms with Gasteiger partial charge in [0, 0.05) is 17.2 Å². The fourth-order valence-electron chi connectivity index (χ4n) is 2.07. The quantitative estimate of drug-likeness (QED) is 0.791. The Hall–Kier alpha value is -0.810. The van der Waals surface area contributed by atoms with Crippen LogP contribution in [-0.4, -0.2) is 28.6 Å². The number of aliphatic hydroxyl groups excluding tert-OH is 1. The molecule has 2 unspecified atom stereocenters. The van der Waals surface area contributed by atoms with Crippen LogP contribution < -0.4 is 5.32 Å². The third-order valence-corrected chi connectivity index (χ3v) is 3.42. The predicted octanol–water partition coefficient (Wildman–Crippen LogP) is 1.67. The average Bonchev–Trinajstić information content (AvgIpc) is 2.84. The van der Waals surface area contributed by atoms with E-state index in [0.717, 1.165) is 23.7 Å². The summed E-state index contributed by atoms with van der Waals surface area (Å²) in [6.07, 6.45) is 4.20. The highest BCUT2D eigenvalue weighted by molar-refractivity contribution is 9.10. The van der Waals surface area contributed by atoms with Gasteiger partial charge in [-0.3, -0.25) is 4.79 Å². The first kappa shape index (κ1) is 11.7. The van der Waals surface area contributed by atoms with Gasteiger partial charge in [0.25, 0.3) is 5.91 Å². The Morgan fingerprint density at radius 2 is 2.44 bits per heavy atom. The van der Waals surface area contributed by atoms with E-state index in [0.29, 0.717) is 18.2 Å². The number of hydrogen-bond acceptors (Lipinski definition) is 2. The van der Waals surface area contributed by atoms with Crippen LogP contribution in [-0.2, 0) is 0 Å². The van der Waals surface area contributed by atoms with Gasteiger partial charge in [-0.25, -0.2) is 0 Å². The van der Waals surface area contributed by atoms with Crippen LogP contribution in [0.1, 0.15) is 29.8 Å². The number of H-pyrrole nitrogens is 1. The van der Waals surface area contributed by atoms with Crippen molar-refractivity contribution in [2.75, 3.05) is 6.54 Å². The number of rotatable bonds is 3. The fraction of sp³-hybridized carbons (Fsp3) is 0.545. The number of halogens is 1. The number of carbonyl (C=O) groups excluding carboxylic acids is 1. The molecule has 88 valence electrons. The molecule has 1 saturated carbocycles. The monoisotopic (exact) mass is 286 g/mol. The molecular weight excluding hydrogens is 272 g/mol. The van der Waals surface area contributed by atoms with Crippen molar-refractivity contribution in [2.45, 2.75) is 25.4 Å². The SMILES string of the molecule is O=C(NCC1CCC(O)C1)c1cc(Br)c[nH]1. The molecule has 1 aliphatic rings. The molecule has 1 aromatic heterocycles. The molecule has 3 N–H and O–H groups in total. The maximum atomic E-state index is 11.7. The molecular formula is C11H15BrN2O2. The van der Waals surface area contributed by atoms with Gasteiger partial charge < -0.3 is 15.4 Å². The number of amides is 1. The van der Waals surface area contributed by atoms with Gasteiger partial charge in [-0.1, -0.05) is 0 Å². The minimum absolute atomic E-state index is 0.0907. The Morgan fingerprint density at radius 3 is 3.00 bits per heavy atom. The second-order valence-electron chi connectivity index (χ2n) is 4.27. The maximum Gasteiger partial charge on any atom is 0.267 e. The Morgan fingerprint density at radius 1 is 1.62 bits per heavy atom. The predicted molar refractivity (Wildman–Crippen MR) is 64.2 cm³/mol. The van der Waals surface area contributed by atoms with Gasteiger partial charge in [-0.05, 0) is 47.2 Å². The summed E-state index contributed by atoms with van der Waals surface area (Å²) < 4.78 is 0.869. The Bertz CT molecular complexity index is 378. The lowest BCUT2D eigenvalue weighted by molar-refractivity contribution is 0.0940. The second kappa shape index (κ2) is 5.01. The zero-order chi connectivity index (χ0) is 11.5. The number of aromatic amines is 1. The number of nitrogens with one attached hydrogen (secondary N) is 2. The lowest BCUT2D eigenvalue weighted by Gasteiger charge is -2.09. The van der Waals surface area contributed by atoms with Crippen LogP contribution >= 0.6 is 15.9 Å². The van der Waals surface area contributed by atoms with Crippen LogP contribution in [0.5, 0.6) is 0 Å². The van der Waals surface area contributed by atoms with Crippen molar-refractivity contribution in [2.24, 2.45) is 5.92 Å². The van der Waals surface area contributed by atoms with Crippen molar-refractivity contribution in [3.8, 4) is 0 Å². The summed E-state index contributed by atoms with van der Waals surface area (Å²) in [6.45, 7) is 0.645. The lowest BCUT2D eigenvalue weighted by Crippen LogP contribution is -2.28. The Balaban J connectivity index is 1.80. The van der Waals surface area contributed by atoms with Crippen LogP contribution in [0.25, 0.3) is 0 Å². The Labute approximate surface area is 103 Å². The summed E-state index contributed by atoms with van der Waals surface area (Å²) in [7, 11) is 0. The van der Waals surface area contributed by atoms with Crippen molar-refractivity contribution in [3.05, 3.63) is 22.4 Å². The normalized spacial score (nSPS) is 24.6. The number of carbonyl (C=O) groups is 1. The summed E-state index contributed by atoms with van der Waals surface area (Å²) in [5, 5.41) is 12.2. The van der Waals surface area contributed by atoms with E-state index in [9.17, 15) is 9.90 Å². The Kier molecular flexibility index (Phi) is 3.66. The van der Waals surface area contributed by atoms with Gasteiger partial charge in [-0.15, -0.1) is 0 Å². The molecule has 1 heterocycles. The van der Waals surface area contributed by atoms with Crippen molar-refractivity contribution < 1.29 is 9.90 Å². The first-order chi connectivity index (χ1) is 7.65. The number of aromatic nitrogens is 1. The highest BCUT2D eigenvalue weighted by atomic mass is 79.9. The van der Waals surface area contributed by atoms with Gasteiger partial charge in [-0.2, -0.15) is 0 Å². The molecule has 2 atom stereocenters.